The van der Waals surface area contributed by atoms with Crippen molar-refractivity contribution < 1.29 is 9.84 Å². The zero-order valence-corrected chi connectivity index (χ0v) is 7.91. The lowest BCUT2D eigenvalue weighted by Gasteiger charge is -2.29. The molecule has 74 valence electrons. The Bertz CT molecular complexity index is 215. The lowest BCUT2D eigenvalue weighted by atomic mass is 10.1. The van der Waals surface area contributed by atoms with Gasteiger partial charge in [-0.1, -0.05) is 0 Å². The van der Waals surface area contributed by atoms with Crippen LogP contribution in [-0.4, -0.2) is 48.5 Å². The predicted molar refractivity (Wildman–Crippen MR) is 48.5 cm³/mol. The van der Waals surface area contributed by atoms with Gasteiger partial charge in [0.05, 0.1) is 12.7 Å². The number of likely N-dealkylation sites (tertiary alicyclic amines) is 1. The molecule has 2 heterocycles. The van der Waals surface area contributed by atoms with E-state index >= 15 is 0 Å². The van der Waals surface area contributed by atoms with Gasteiger partial charge in [-0.15, -0.1) is 0 Å². The monoisotopic (exact) mass is 183 g/mol. The lowest BCUT2D eigenvalue weighted by Crippen LogP contribution is -2.41. The lowest BCUT2D eigenvalue weighted by molar-refractivity contribution is 0.0168. The van der Waals surface area contributed by atoms with Gasteiger partial charge < -0.3 is 9.84 Å². The Balaban J connectivity index is 1.62. The van der Waals surface area contributed by atoms with Crippen molar-refractivity contribution in [2.45, 2.75) is 31.4 Å². The van der Waals surface area contributed by atoms with Gasteiger partial charge in [0.15, 0.2) is 0 Å². The number of fused-ring (bicyclic) bond motifs is 2. The van der Waals surface area contributed by atoms with Crippen LogP contribution in [0.3, 0.4) is 0 Å². The molecule has 0 amide bonds. The fraction of sp³-hybridized carbons (Fsp3) is 1.00. The van der Waals surface area contributed by atoms with Crippen LogP contribution in [0.5, 0.6) is 0 Å². The highest BCUT2D eigenvalue weighted by Gasteiger charge is 2.48. The molecule has 1 N–H and O–H groups in total. The minimum Gasteiger partial charge on any atom is -0.396 e. The van der Waals surface area contributed by atoms with Gasteiger partial charge in [0.2, 0.25) is 0 Å². The van der Waals surface area contributed by atoms with Crippen LogP contribution < -0.4 is 0 Å². The van der Waals surface area contributed by atoms with Crippen LogP contribution in [0.15, 0.2) is 0 Å². The molecule has 3 aliphatic rings. The Morgan fingerprint density at radius 3 is 2.77 bits per heavy atom. The summed E-state index contributed by atoms with van der Waals surface area (Å²) in [5.74, 6) is 0. The number of hydrogen-bond acceptors (Lipinski definition) is 3. The Morgan fingerprint density at radius 2 is 2.31 bits per heavy atom. The van der Waals surface area contributed by atoms with Gasteiger partial charge in [-0.05, 0) is 19.3 Å². The second kappa shape index (κ2) is 2.69. The van der Waals surface area contributed by atoms with Gasteiger partial charge in [0.25, 0.3) is 0 Å². The summed E-state index contributed by atoms with van der Waals surface area (Å²) in [6, 6.07) is 0.661. The van der Waals surface area contributed by atoms with Gasteiger partial charge in [-0.3, -0.25) is 4.90 Å². The number of nitrogens with zero attached hydrogens (tertiary/aromatic N) is 1. The second-order valence-electron chi connectivity index (χ2n) is 4.93. The zero-order chi connectivity index (χ0) is 8.89. The number of hydrogen-bond donors (Lipinski definition) is 1. The van der Waals surface area contributed by atoms with Crippen LogP contribution in [0, 0.1) is 5.41 Å². The highest BCUT2D eigenvalue weighted by molar-refractivity contribution is 5.00. The van der Waals surface area contributed by atoms with Crippen molar-refractivity contribution in [1.29, 1.82) is 0 Å². The van der Waals surface area contributed by atoms with Crippen LogP contribution in [-0.2, 0) is 4.74 Å². The van der Waals surface area contributed by atoms with E-state index in [1.54, 1.807) is 0 Å². The molecular weight excluding hydrogens is 166 g/mol. The SMILES string of the molecule is OCC1(CN2CC3C[C@@H]2CO3)CC1. The van der Waals surface area contributed by atoms with E-state index < -0.39 is 0 Å². The smallest absolute Gasteiger partial charge is 0.0718 e. The van der Waals surface area contributed by atoms with Gasteiger partial charge in [0, 0.05) is 31.2 Å². The molecule has 3 fully saturated rings. The Kier molecular flexibility index (Phi) is 1.70. The van der Waals surface area contributed by atoms with E-state index in [4.69, 9.17) is 4.74 Å². The topological polar surface area (TPSA) is 32.7 Å². The summed E-state index contributed by atoms with van der Waals surface area (Å²) in [6.45, 7) is 3.51. The number of aliphatic hydroxyl groups excluding tert-OH is 1. The Morgan fingerprint density at radius 1 is 1.46 bits per heavy atom. The van der Waals surface area contributed by atoms with Crippen molar-refractivity contribution in [3.05, 3.63) is 0 Å². The summed E-state index contributed by atoms with van der Waals surface area (Å²) in [5, 5.41) is 9.23. The summed E-state index contributed by atoms with van der Waals surface area (Å²) < 4.78 is 5.55. The first-order valence-corrected chi connectivity index (χ1v) is 5.28. The molecule has 0 radical (unpaired) electrons. The van der Waals surface area contributed by atoms with Crippen molar-refractivity contribution in [3.8, 4) is 0 Å². The van der Waals surface area contributed by atoms with Crippen LogP contribution in [0.25, 0.3) is 0 Å². The second-order valence-corrected chi connectivity index (χ2v) is 4.93. The fourth-order valence-electron chi connectivity index (χ4n) is 2.65. The predicted octanol–water partition coefficient (Wildman–Crippen LogP) is 0.232. The number of rotatable bonds is 3. The molecule has 3 heteroatoms. The van der Waals surface area contributed by atoms with Crippen LogP contribution in [0.4, 0.5) is 0 Å². The van der Waals surface area contributed by atoms with Crippen molar-refractivity contribution in [3.63, 3.8) is 0 Å². The largest absolute Gasteiger partial charge is 0.396 e. The quantitative estimate of drug-likeness (QED) is 0.680. The van der Waals surface area contributed by atoms with Crippen molar-refractivity contribution in [1.82, 2.24) is 4.90 Å². The summed E-state index contributed by atoms with van der Waals surface area (Å²) in [5.41, 5.74) is 0.282. The maximum atomic E-state index is 9.23. The first kappa shape index (κ1) is 8.21. The average Bonchev–Trinajstić information content (AvgIpc) is 2.62. The molecule has 3 nitrogen and oxygen atoms in total. The molecule has 2 atom stereocenters. The minimum absolute atomic E-state index is 0.282. The van der Waals surface area contributed by atoms with Gasteiger partial charge >= 0.3 is 0 Å². The van der Waals surface area contributed by atoms with Crippen molar-refractivity contribution in [2.24, 2.45) is 5.41 Å². The van der Waals surface area contributed by atoms with E-state index in [1.807, 2.05) is 0 Å². The van der Waals surface area contributed by atoms with E-state index in [-0.39, 0.29) is 5.41 Å². The van der Waals surface area contributed by atoms with E-state index in [0.717, 1.165) is 19.7 Å². The standard InChI is InChI=1S/C10H17NO2/c12-7-10(1-2-10)6-11-4-9-3-8(11)5-13-9/h8-9,12H,1-7H2/t8-,9?/m1/s1. The highest BCUT2D eigenvalue weighted by atomic mass is 16.5. The Labute approximate surface area is 78.7 Å². The number of ether oxygens (including phenoxy) is 1. The van der Waals surface area contributed by atoms with E-state index in [1.165, 1.54) is 19.3 Å². The van der Waals surface area contributed by atoms with Gasteiger partial charge in [-0.2, -0.15) is 0 Å². The molecule has 2 bridgehead atoms. The van der Waals surface area contributed by atoms with E-state index in [0.29, 0.717) is 18.8 Å². The Hall–Kier alpha value is -0.120. The molecule has 1 unspecified atom stereocenters. The molecule has 1 aliphatic carbocycles. The maximum absolute atomic E-state index is 9.23. The van der Waals surface area contributed by atoms with E-state index in [2.05, 4.69) is 4.90 Å². The van der Waals surface area contributed by atoms with Crippen LogP contribution in [0.1, 0.15) is 19.3 Å². The molecule has 2 saturated heterocycles. The molecule has 0 spiro atoms. The molecule has 0 aromatic carbocycles. The molecular formula is C10H17NO2. The first-order chi connectivity index (χ1) is 6.31. The summed E-state index contributed by atoms with van der Waals surface area (Å²) in [7, 11) is 0. The normalized spacial score (nSPS) is 41.3. The number of aliphatic hydroxyl groups is 1. The van der Waals surface area contributed by atoms with Crippen molar-refractivity contribution >= 4 is 0 Å². The third kappa shape index (κ3) is 1.30. The maximum Gasteiger partial charge on any atom is 0.0718 e. The molecule has 13 heavy (non-hydrogen) atoms. The first-order valence-electron chi connectivity index (χ1n) is 5.28. The van der Waals surface area contributed by atoms with Crippen LogP contribution in [0.2, 0.25) is 0 Å². The van der Waals surface area contributed by atoms with Gasteiger partial charge in [0.1, 0.15) is 0 Å². The van der Waals surface area contributed by atoms with Gasteiger partial charge in [-0.25, -0.2) is 0 Å². The third-order valence-electron chi connectivity index (χ3n) is 3.84. The molecule has 0 aromatic rings. The number of morpholine rings is 1. The fourth-order valence-corrected chi connectivity index (χ4v) is 2.65. The molecule has 1 saturated carbocycles. The summed E-state index contributed by atoms with van der Waals surface area (Å²) in [6.07, 6.45) is 4.16. The molecule has 2 aliphatic heterocycles. The minimum atomic E-state index is 0.282. The highest BCUT2D eigenvalue weighted by Crippen LogP contribution is 2.47. The third-order valence-corrected chi connectivity index (χ3v) is 3.84. The molecule has 0 aromatic heterocycles. The zero-order valence-electron chi connectivity index (χ0n) is 7.91. The average molecular weight is 183 g/mol. The van der Waals surface area contributed by atoms with Crippen LogP contribution >= 0.6 is 0 Å². The molecule has 3 rings (SSSR count). The summed E-state index contributed by atoms with van der Waals surface area (Å²) in [4.78, 5) is 2.53. The summed E-state index contributed by atoms with van der Waals surface area (Å²) >= 11 is 0. The van der Waals surface area contributed by atoms with Crippen molar-refractivity contribution in [2.75, 3.05) is 26.3 Å². The van der Waals surface area contributed by atoms with E-state index in [9.17, 15) is 5.11 Å².